The van der Waals surface area contributed by atoms with Crippen molar-refractivity contribution in [2.24, 2.45) is 0 Å². The molecule has 1 N–H and O–H groups in total. The number of hydrogen-bond donors (Lipinski definition) is 1. The minimum Gasteiger partial charge on any atom is -0.345 e. The summed E-state index contributed by atoms with van der Waals surface area (Å²) in [6, 6.07) is 1.29. The summed E-state index contributed by atoms with van der Waals surface area (Å²) < 4.78 is 0. The molecule has 3 nitrogen and oxygen atoms in total. The summed E-state index contributed by atoms with van der Waals surface area (Å²) in [5.41, 5.74) is 1.18. The Kier molecular flexibility index (Phi) is 4.40. The molecular formula is C13H23N3S. The maximum atomic E-state index is 4.74. The molecule has 0 radical (unpaired) electrons. The highest BCUT2D eigenvalue weighted by atomic mass is 32.1. The Morgan fingerprint density at radius 1 is 1.53 bits per heavy atom. The molecule has 1 fully saturated rings. The molecule has 1 saturated carbocycles. The molecule has 0 bridgehead atoms. The van der Waals surface area contributed by atoms with Gasteiger partial charge in [0.25, 0.3) is 0 Å². The molecule has 0 amide bonds. The number of hydrogen-bond acceptors (Lipinski definition) is 4. The van der Waals surface area contributed by atoms with Gasteiger partial charge in [-0.25, -0.2) is 4.98 Å². The van der Waals surface area contributed by atoms with E-state index in [4.69, 9.17) is 4.98 Å². The van der Waals surface area contributed by atoms with Gasteiger partial charge in [-0.15, -0.1) is 11.3 Å². The summed E-state index contributed by atoms with van der Waals surface area (Å²) in [4.78, 5) is 7.23. The van der Waals surface area contributed by atoms with E-state index < -0.39 is 0 Å². The Balaban J connectivity index is 1.95. The van der Waals surface area contributed by atoms with Crippen LogP contribution in [0.25, 0.3) is 0 Å². The lowest BCUT2D eigenvalue weighted by molar-refractivity contribution is 0.582. The highest BCUT2D eigenvalue weighted by molar-refractivity contribution is 7.13. The van der Waals surface area contributed by atoms with E-state index in [1.165, 1.54) is 30.1 Å². The van der Waals surface area contributed by atoms with Gasteiger partial charge in [0.2, 0.25) is 0 Å². The third-order valence-corrected chi connectivity index (χ3v) is 3.86. The van der Waals surface area contributed by atoms with E-state index in [-0.39, 0.29) is 0 Å². The van der Waals surface area contributed by atoms with Crippen molar-refractivity contribution in [2.45, 2.75) is 58.7 Å². The molecule has 1 aromatic rings. The van der Waals surface area contributed by atoms with Crippen molar-refractivity contribution in [3.8, 4) is 0 Å². The third-order valence-electron chi connectivity index (χ3n) is 2.93. The van der Waals surface area contributed by atoms with Gasteiger partial charge in [0.05, 0.1) is 5.69 Å². The van der Waals surface area contributed by atoms with E-state index in [0.29, 0.717) is 6.04 Å². The maximum Gasteiger partial charge on any atom is 0.185 e. The average molecular weight is 253 g/mol. The Hall–Kier alpha value is -0.610. The highest BCUT2D eigenvalue weighted by Gasteiger charge is 2.30. The molecule has 0 spiro atoms. The number of thiazole rings is 1. The Bertz CT molecular complexity index is 344. The molecule has 0 aromatic carbocycles. The SMILES string of the molecule is CCCN(c1nc(CNC(C)C)cs1)C1CC1. The van der Waals surface area contributed by atoms with Gasteiger partial charge in [0, 0.05) is 30.6 Å². The minimum atomic E-state index is 0.523. The largest absolute Gasteiger partial charge is 0.345 e. The van der Waals surface area contributed by atoms with Crippen LogP contribution < -0.4 is 10.2 Å². The normalized spacial score (nSPS) is 15.5. The smallest absolute Gasteiger partial charge is 0.185 e. The van der Waals surface area contributed by atoms with Crippen molar-refractivity contribution in [3.63, 3.8) is 0 Å². The van der Waals surface area contributed by atoms with Crippen LogP contribution in [0.5, 0.6) is 0 Å². The molecule has 17 heavy (non-hydrogen) atoms. The maximum absolute atomic E-state index is 4.74. The molecule has 0 aliphatic heterocycles. The van der Waals surface area contributed by atoms with Gasteiger partial charge in [-0.1, -0.05) is 20.8 Å². The first-order chi connectivity index (χ1) is 8.20. The monoisotopic (exact) mass is 253 g/mol. The second-order valence-electron chi connectivity index (χ2n) is 5.08. The number of aromatic nitrogens is 1. The van der Waals surface area contributed by atoms with Gasteiger partial charge in [-0.2, -0.15) is 0 Å². The first kappa shape index (κ1) is 12.8. The van der Waals surface area contributed by atoms with Gasteiger partial charge in [0.15, 0.2) is 5.13 Å². The molecule has 2 rings (SSSR count). The fourth-order valence-electron chi connectivity index (χ4n) is 1.88. The van der Waals surface area contributed by atoms with Crippen LogP contribution in [-0.4, -0.2) is 23.6 Å². The Labute approximate surface area is 108 Å². The quantitative estimate of drug-likeness (QED) is 0.809. The van der Waals surface area contributed by atoms with Crippen LogP contribution in [0.3, 0.4) is 0 Å². The lowest BCUT2D eigenvalue weighted by atomic mass is 10.4. The van der Waals surface area contributed by atoms with Crippen LogP contribution in [0.1, 0.15) is 45.7 Å². The second-order valence-corrected chi connectivity index (χ2v) is 5.92. The zero-order valence-corrected chi connectivity index (χ0v) is 11.9. The molecule has 4 heteroatoms. The number of nitrogens with one attached hydrogen (secondary N) is 1. The molecule has 1 aromatic heterocycles. The average Bonchev–Trinajstić information content (AvgIpc) is 3.02. The van der Waals surface area contributed by atoms with Gasteiger partial charge in [-0.05, 0) is 19.3 Å². The van der Waals surface area contributed by atoms with E-state index >= 15 is 0 Å². The first-order valence-corrected chi connectivity index (χ1v) is 7.53. The van der Waals surface area contributed by atoms with Gasteiger partial charge in [-0.3, -0.25) is 0 Å². The van der Waals surface area contributed by atoms with Crippen LogP contribution in [-0.2, 0) is 6.54 Å². The predicted molar refractivity (Wildman–Crippen MR) is 74.7 cm³/mol. The Morgan fingerprint density at radius 3 is 2.88 bits per heavy atom. The second kappa shape index (κ2) is 5.83. The molecule has 96 valence electrons. The molecule has 0 unspecified atom stereocenters. The van der Waals surface area contributed by atoms with Crippen molar-refractivity contribution < 1.29 is 0 Å². The molecule has 0 atom stereocenters. The van der Waals surface area contributed by atoms with Crippen LogP contribution in [0.4, 0.5) is 5.13 Å². The fraction of sp³-hybridized carbons (Fsp3) is 0.769. The van der Waals surface area contributed by atoms with E-state index in [2.05, 4.69) is 36.4 Å². The van der Waals surface area contributed by atoms with Gasteiger partial charge < -0.3 is 10.2 Å². The summed E-state index contributed by atoms with van der Waals surface area (Å²) in [7, 11) is 0. The standard InChI is InChI=1S/C13H23N3S/c1-4-7-16(12-5-6-12)13-15-11(9-17-13)8-14-10(2)3/h9-10,12,14H,4-8H2,1-3H3. The van der Waals surface area contributed by atoms with Crippen LogP contribution in [0.15, 0.2) is 5.38 Å². The fourth-order valence-corrected chi connectivity index (χ4v) is 2.80. The van der Waals surface area contributed by atoms with Crippen LogP contribution in [0.2, 0.25) is 0 Å². The minimum absolute atomic E-state index is 0.523. The van der Waals surface area contributed by atoms with Crippen molar-refractivity contribution in [1.82, 2.24) is 10.3 Å². The van der Waals surface area contributed by atoms with Crippen molar-refractivity contribution in [3.05, 3.63) is 11.1 Å². The topological polar surface area (TPSA) is 28.2 Å². The van der Waals surface area contributed by atoms with Crippen LogP contribution in [0, 0.1) is 0 Å². The van der Waals surface area contributed by atoms with Gasteiger partial charge in [0.1, 0.15) is 0 Å². The highest BCUT2D eigenvalue weighted by Crippen LogP contribution is 2.33. The van der Waals surface area contributed by atoms with E-state index in [0.717, 1.165) is 19.1 Å². The summed E-state index contributed by atoms with van der Waals surface area (Å²) >= 11 is 1.79. The van der Waals surface area contributed by atoms with E-state index in [9.17, 15) is 0 Å². The van der Waals surface area contributed by atoms with Crippen molar-refractivity contribution in [1.29, 1.82) is 0 Å². The zero-order valence-electron chi connectivity index (χ0n) is 11.1. The van der Waals surface area contributed by atoms with Crippen LogP contribution >= 0.6 is 11.3 Å². The summed E-state index contributed by atoms with van der Waals surface area (Å²) in [6.07, 6.45) is 3.90. The number of anilines is 1. The predicted octanol–water partition coefficient (Wildman–Crippen LogP) is 3.02. The lowest BCUT2D eigenvalue weighted by Gasteiger charge is -2.20. The van der Waals surface area contributed by atoms with Crippen molar-refractivity contribution >= 4 is 16.5 Å². The van der Waals surface area contributed by atoms with E-state index in [1.54, 1.807) is 11.3 Å². The Morgan fingerprint density at radius 2 is 2.29 bits per heavy atom. The number of rotatable bonds is 7. The summed E-state index contributed by atoms with van der Waals surface area (Å²) in [6.45, 7) is 8.61. The lowest BCUT2D eigenvalue weighted by Crippen LogP contribution is -2.26. The molecule has 1 heterocycles. The summed E-state index contributed by atoms with van der Waals surface area (Å²) in [5.74, 6) is 0. The summed E-state index contributed by atoms with van der Waals surface area (Å²) in [5, 5.41) is 6.82. The molecule has 1 aliphatic carbocycles. The van der Waals surface area contributed by atoms with E-state index in [1.807, 2.05) is 0 Å². The third kappa shape index (κ3) is 3.68. The molecule has 0 saturated heterocycles. The number of nitrogens with zero attached hydrogens (tertiary/aromatic N) is 2. The zero-order chi connectivity index (χ0) is 12.3. The molecule has 1 aliphatic rings. The van der Waals surface area contributed by atoms with Crippen molar-refractivity contribution in [2.75, 3.05) is 11.4 Å². The first-order valence-electron chi connectivity index (χ1n) is 6.65. The molecular weight excluding hydrogens is 230 g/mol. The van der Waals surface area contributed by atoms with Gasteiger partial charge >= 0.3 is 0 Å².